The van der Waals surface area contributed by atoms with Gasteiger partial charge in [-0.3, -0.25) is 0 Å². The fourth-order valence-electron chi connectivity index (χ4n) is 2.41. The molecule has 5 nitrogen and oxygen atoms in total. The second kappa shape index (κ2) is 3.37. The number of ether oxygens (including phenoxy) is 3. The van der Waals surface area contributed by atoms with Crippen molar-refractivity contribution < 1.29 is 19.0 Å². The smallest absolute Gasteiger partial charge is 0.231 e. The Balaban J connectivity index is 1.71. The summed E-state index contributed by atoms with van der Waals surface area (Å²) in [6, 6.07) is 5.84. The van der Waals surface area contributed by atoms with E-state index in [0.29, 0.717) is 13.2 Å². The number of hydrogen-bond donors (Lipinski definition) is 0. The van der Waals surface area contributed by atoms with E-state index in [2.05, 4.69) is 5.16 Å². The van der Waals surface area contributed by atoms with Gasteiger partial charge in [-0.2, -0.15) is 0 Å². The molecule has 1 fully saturated rings. The van der Waals surface area contributed by atoms with Crippen molar-refractivity contribution in [2.24, 2.45) is 11.1 Å². The molecule has 4 rings (SSSR count). The molecule has 0 bridgehead atoms. The molecular weight excluding hydrogens is 222 g/mol. The van der Waals surface area contributed by atoms with E-state index in [0.717, 1.165) is 22.8 Å². The molecule has 3 aliphatic rings. The topological polar surface area (TPSA) is 49.3 Å². The number of oxime groups is 1. The van der Waals surface area contributed by atoms with Crippen molar-refractivity contribution in [2.75, 3.05) is 20.0 Å². The first-order valence-corrected chi connectivity index (χ1v) is 5.63. The summed E-state index contributed by atoms with van der Waals surface area (Å²) in [6.07, 6.45) is 0.0791. The predicted octanol–water partition coefficient (Wildman–Crippen LogP) is 1.16. The average Bonchev–Trinajstić information content (AvgIpc) is 3.03. The largest absolute Gasteiger partial charge is 0.454 e. The van der Waals surface area contributed by atoms with Crippen LogP contribution in [0, 0.1) is 5.92 Å². The minimum absolute atomic E-state index is 0.0791. The standard InChI is InChI=1S/C12H11NO4/c1-2-9-10(16-6-15-9)3-7(1)12-8-4-14-5-11(8)17-13-12/h1-3,8,11H,4-6H2/t8-,11+/m0/s1. The number of benzene rings is 1. The molecule has 0 N–H and O–H groups in total. The Morgan fingerprint density at radius 2 is 2.06 bits per heavy atom. The Hall–Kier alpha value is -1.75. The Bertz CT molecular complexity index is 499. The van der Waals surface area contributed by atoms with E-state index in [-0.39, 0.29) is 18.8 Å². The van der Waals surface area contributed by atoms with Gasteiger partial charge in [0.25, 0.3) is 0 Å². The van der Waals surface area contributed by atoms with E-state index < -0.39 is 0 Å². The van der Waals surface area contributed by atoms with Gasteiger partial charge in [-0.25, -0.2) is 0 Å². The molecule has 88 valence electrons. The van der Waals surface area contributed by atoms with Gasteiger partial charge in [-0.15, -0.1) is 0 Å². The summed E-state index contributed by atoms with van der Waals surface area (Å²) in [6.45, 7) is 1.59. The normalized spacial score (nSPS) is 28.8. The zero-order valence-corrected chi connectivity index (χ0v) is 9.09. The highest BCUT2D eigenvalue weighted by molar-refractivity contribution is 6.03. The highest BCUT2D eigenvalue weighted by atomic mass is 16.7. The van der Waals surface area contributed by atoms with Crippen molar-refractivity contribution in [3.63, 3.8) is 0 Å². The predicted molar refractivity (Wildman–Crippen MR) is 58.3 cm³/mol. The number of nitrogens with zero attached hydrogens (tertiary/aromatic N) is 1. The summed E-state index contributed by atoms with van der Waals surface area (Å²) in [4.78, 5) is 5.35. The molecule has 3 heterocycles. The van der Waals surface area contributed by atoms with Gasteiger partial charge in [-0.05, 0) is 18.2 Å². The van der Waals surface area contributed by atoms with Gasteiger partial charge in [0.15, 0.2) is 17.6 Å². The molecule has 3 aliphatic heterocycles. The van der Waals surface area contributed by atoms with Crippen LogP contribution in [0.5, 0.6) is 11.5 Å². The summed E-state index contributed by atoms with van der Waals surface area (Å²) in [5.41, 5.74) is 1.97. The van der Waals surface area contributed by atoms with Crippen molar-refractivity contribution >= 4 is 5.71 Å². The van der Waals surface area contributed by atoms with Crippen molar-refractivity contribution in [1.82, 2.24) is 0 Å². The van der Waals surface area contributed by atoms with Gasteiger partial charge in [0.05, 0.1) is 24.8 Å². The number of rotatable bonds is 1. The van der Waals surface area contributed by atoms with E-state index in [1.54, 1.807) is 0 Å². The van der Waals surface area contributed by atoms with E-state index in [1.165, 1.54) is 0 Å². The first kappa shape index (κ1) is 9.30. The van der Waals surface area contributed by atoms with Crippen LogP contribution in [-0.4, -0.2) is 31.8 Å². The number of fused-ring (bicyclic) bond motifs is 2. The van der Waals surface area contributed by atoms with E-state index >= 15 is 0 Å². The number of hydrogen-bond acceptors (Lipinski definition) is 5. The van der Waals surface area contributed by atoms with Crippen LogP contribution in [0.2, 0.25) is 0 Å². The van der Waals surface area contributed by atoms with Crippen molar-refractivity contribution in [3.8, 4) is 11.5 Å². The monoisotopic (exact) mass is 233 g/mol. The SMILES string of the molecule is c1cc2c(cc1C1=NO[C@@H]3COC[C@H]13)OCO2. The summed E-state index contributed by atoms with van der Waals surface area (Å²) < 4.78 is 16.0. The third kappa shape index (κ3) is 1.32. The maximum absolute atomic E-state index is 5.39. The summed E-state index contributed by atoms with van der Waals surface area (Å²) in [5.74, 6) is 1.80. The maximum Gasteiger partial charge on any atom is 0.231 e. The molecule has 0 aliphatic carbocycles. The summed E-state index contributed by atoms with van der Waals surface area (Å²) in [5, 5.41) is 4.16. The molecule has 17 heavy (non-hydrogen) atoms. The lowest BCUT2D eigenvalue weighted by atomic mass is 9.95. The Labute approximate surface area is 97.9 Å². The highest BCUT2D eigenvalue weighted by Crippen LogP contribution is 2.35. The van der Waals surface area contributed by atoms with Gasteiger partial charge in [0, 0.05) is 5.56 Å². The fraction of sp³-hybridized carbons (Fsp3) is 0.417. The van der Waals surface area contributed by atoms with Gasteiger partial charge in [-0.1, -0.05) is 5.16 Å². The maximum atomic E-state index is 5.39. The van der Waals surface area contributed by atoms with Crippen molar-refractivity contribution in [3.05, 3.63) is 23.8 Å². The summed E-state index contributed by atoms with van der Waals surface area (Å²) >= 11 is 0. The molecule has 0 aromatic heterocycles. The lowest BCUT2D eigenvalue weighted by molar-refractivity contribution is 0.0558. The van der Waals surface area contributed by atoms with Crippen LogP contribution in [0.15, 0.2) is 23.4 Å². The van der Waals surface area contributed by atoms with E-state index in [4.69, 9.17) is 19.0 Å². The minimum Gasteiger partial charge on any atom is -0.454 e. The molecule has 5 heteroatoms. The van der Waals surface area contributed by atoms with Crippen LogP contribution in [0.4, 0.5) is 0 Å². The second-order valence-electron chi connectivity index (χ2n) is 4.33. The van der Waals surface area contributed by atoms with Gasteiger partial charge in [0.1, 0.15) is 0 Å². The third-order valence-electron chi connectivity index (χ3n) is 3.33. The van der Waals surface area contributed by atoms with Crippen molar-refractivity contribution in [2.45, 2.75) is 6.10 Å². The lowest BCUT2D eigenvalue weighted by Crippen LogP contribution is -2.21. The molecule has 0 unspecified atom stereocenters. The minimum atomic E-state index is 0.0791. The van der Waals surface area contributed by atoms with Crippen LogP contribution in [0.25, 0.3) is 0 Å². The second-order valence-corrected chi connectivity index (χ2v) is 4.33. The molecule has 1 aromatic rings. The van der Waals surface area contributed by atoms with Crippen LogP contribution >= 0.6 is 0 Å². The zero-order chi connectivity index (χ0) is 11.2. The van der Waals surface area contributed by atoms with Crippen LogP contribution in [0.3, 0.4) is 0 Å². The van der Waals surface area contributed by atoms with Gasteiger partial charge in [0.2, 0.25) is 6.79 Å². The molecular formula is C12H11NO4. The molecule has 0 saturated carbocycles. The molecule has 0 radical (unpaired) electrons. The molecule has 0 amide bonds. The molecule has 1 aromatic carbocycles. The quantitative estimate of drug-likeness (QED) is 0.730. The van der Waals surface area contributed by atoms with E-state index in [9.17, 15) is 0 Å². The average molecular weight is 233 g/mol. The molecule has 2 atom stereocenters. The Morgan fingerprint density at radius 3 is 3.06 bits per heavy atom. The third-order valence-corrected chi connectivity index (χ3v) is 3.33. The first-order valence-electron chi connectivity index (χ1n) is 5.63. The first-order chi connectivity index (χ1) is 8.42. The van der Waals surface area contributed by atoms with Crippen molar-refractivity contribution in [1.29, 1.82) is 0 Å². The molecule has 0 spiro atoms. The van der Waals surface area contributed by atoms with Crippen LogP contribution in [0.1, 0.15) is 5.56 Å². The van der Waals surface area contributed by atoms with Gasteiger partial charge < -0.3 is 19.0 Å². The molecule has 1 saturated heterocycles. The Kier molecular flexibility index (Phi) is 1.84. The summed E-state index contributed by atoms with van der Waals surface area (Å²) in [7, 11) is 0. The van der Waals surface area contributed by atoms with Crippen LogP contribution < -0.4 is 9.47 Å². The Morgan fingerprint density at radius 1 is 1.12 bits per heavy atom. The lowest BCUT2D eigenvalue weighted by Gasteiger charge is -2.07. The fourth-order valence-corrected chi connectivity index (χ4v) is 2.41. The van der Waals surface area contributed by atoms with E-state index in [1.807, 2.05) is 18.2 Å². The highest BCUT2D eigenvalue weighted by Gasteiger charge is 2.40. The zero-order valence-electron chi connectivity index (χ0n) is 9.09. The van der Waals surface area contributed by atoms with Crippen LogP contribution in [-0.2, 0) is 9.57 Å². The van der Waals surface area contributed by atoms with Gasteiger partial charge >= 0.3 is 0 Å².